The summed E-state index contributed by atoms with van der Waals surface area (Å²) in [4.78, 5) is 2.52. The van der Waals surface area contributed by atoms with Crippen molar-refractivity contribution in [1.82, 2.24) is 9.47 Å². The van der Waals surface area contributed by atoms with Crippen LogP contribution in [0.3, 0.4) is 0 Å². The van der Waals surface area contributed by atoms with Crippen LogP contribution in [0, 0.1) is 5.92 Å². The van der Waals surface area contributed by atoms with Crippen LogP contribution in [0.5, 0.6) is 0 Å². The molecule has 1 aromatic carbocycles. The van der Waals surface area contributed by atoms with E-state index in [4.69, 9.17) is 5.73 Å². The van der Waals surface area contributed by atoms with Gasteiger partial charge in [-0.2, -0.15) is 0 Å². The minimum atomic E-state index is 0.652. The molecule has 1 fully saturated rings. The van der Waals surface area contributed by atoms with E-state index >= 15 is 0 Å². The number of rotatable bonds is 5. The van der Waals surface area contributed by atoms with E-state index in [1.807, 2.05) is 0 Å². The predicted octanol–water partition coefficient (Wildman–Crippen LogP) is 3.22. The molecular formula is C18H27N3. The van der Waals surface area contributed by atoms with Crippen LogP contribution in [-0.2, 0) is 13.1 Å². The van der Waals surface area contributed by atoms with Crippen LogP contribution in [0.1, 0.15) is 31.7 Å². The molecule has 1 aliphatic carbocycles. The quantitative estimate of drug-likeness (QED) is 0.915. The number of nitrogens with two attached hydrogens (primary N) is 1. The van der Waals surface area contributed by atoms with E-state index in [-0.39, 0.29) is 0 Å². The van der Waals surface area contributed by atoms with Crippen molar-refractivity contribution in [2.24, 2.45) is 11.7 Å². The van der Waals surface area contributed by atoms with Gasteiger partial charge in [0.1, 0.15) is 0 Å². The smallest absolute Gasteiger partial charge is 0.0483 e. The summed E-state index contributed by atoms with van der Waals surface area (Å²) in [7, 11) is 2.26. The molecule has 114 valence electrons. The van der Waals surface area contributed by atoms with Crippen molar-refractivity contribution in [3.8, 4) is 0 Å². The average Bonchev–Trinajstić information content (AvgIpc) is 3.12. The lowest BCUT2D eigenvalue weighted by atomic mass is 10.0. The van der Waals surface area contributed by atoms with Crippen molar-refractivity contribution >= 4 is 10.9 Å². The van der Waals surface area contributed by atoms with Gasteiger partial charge in [0.2, 0.25) is 0 Å². The molecule has 1 aliphatic rings. The minimum Gasteiger partial charge on any atom is -0.347 e. The predicted molar refractivity (Wildman–Crippen MR) is 89.3 cm³/mol. The summed E-state index contributed by atoms with van der Waals surface area (Å²) in [6, 6.07) is 9.40. The fraction of sp³-hybridized carbons (Fsp3) is 0.556. The Bertz CT molecular complexity index is 602. The molecular weight excluding hydrogens is 258 g/mol. The number of hydrogen-bond donors (Lipinski definition) is 1. The molecule has 3 nitrogen and oxygen atoms in total. The molecule has 1 aromatic heterocycles. The van der Waals surface area contributed by atoms with Gasteiger partial charge in [0.25, 0.3) is 0 Å². The topological polar surface area (TPSA) is 34.2 Å². The molecule has 0 aliphatic heterocycles. The lowest BCUT2D eigenvalue weighted by Crippen LogP contribution is -2.37. The van der Waals surface area contributed by atoms with Crippen molar-refractivity contribution in [2.45, 2.75) is 45.3 Å². The van der Waals surface area contributed by atoms with E-state index in [1.165, 1.54) is 35.7 Å². The molecule has 21 heavy (non-hydrogen) atoms. The summed E-state index contributed by atoms with van der Waals surface area (Å²) in [6.07, 6.45) is 6.24. The van der Waals surface area contributed by atoms with Crippen LogP contribution in [0.4, 0.5) is 0 Å². The highest BCUT2D eigenvalue weighted by molar-refractivity contribution is 5.83. The van der Waals surface area contributed by atoms with Gasteiger partial charge in [-0.15, -0.1) is 0 Å². The molecule has 1 heterocycles. The fourth-order valence-corrected chi connectivity index (χ4v) is 3.97. The highest BCUT2D eigenvalue weighted by atomic mass is 15.1. The van der Waals surface area contributed by atoms with Gasteiger partial charge in [-0.05, 0) is 50.9 Å². The van der Waals surface area contributed by atoms with Crippen molar-refractivity contribution < 1.29 is 0 Å². The van der Waals surface area contributed by atoms with Crippen LogP contribution < -0.4 is 5.73 Å². The van der Waals surface area contributed by atoms with E-state index in [0.717, 1.165) is 19.6 Å². The molecule has 0 amide bonds. The summed E-state index contributed by atoms with van der Waals surface area (Å²) in [5.74, 6) is 0.675. The maximum Gasteiger partial charge on any atom is 0.0483 e. The summed E-state index contributed by atoms with van der Waals surface area (Å²) in [5.41, 5.74) is 8.74. The van der Waals surface area contributed by atoms with Gasteiger partial charge < -0.3 is 10.3 Å². The molecule has 0 radical (unpaired) electrons. The lowest BCUT2D eigenvalue weighted by molar-refractivity contribution is 0.193. The lowest BCUT2D eigenvalue weighted by Gasteiger charge is -2.29. The molecule has 3 rings (SSSR count). The van der Waals surface area contributed by atoms with Gasteiger partial charge in [-0.1, -0.05) is 24.6 Å². The van der Waals surface area contributed by atoms with Gasteiger partial charge >= 0.3 is 0 Å². The molecule has 2 atom stereocenters. The second kappa shape index (κ2) is 6.20. The summed E-state index contributed by atoms with van der Waals surface area (Å²) < 4.78 is 2.35. The third-order valence-corrected chi connectivity index (χ3v) is 5.12. The second-order valence-corrected chi connectivity index (χ2v) is 6.37. The number of fused-ring (bicyclic) bond motifs is 1. The average molecular weight is 285 g/mol. The van der Waals surface area contributed by atoms with E-state index in [0.29, 0.717) is 12.0 Å². The molecule has 2 N–H and O–H groups in total. The van der Waals surface area contributed by atoms with Gasteiger partial charge in [-0.25, -0.2) is 0 Å². The standard InChI is InChI=1S/C18H27N3/c1-3-21-13-15(16-8-4-5-9-18(16)21)12-20(2)17-10-6-7-14(17)11-19/h4-5,8-9,13-14,17H,3,6-7,10-12,19H2,1-2H3. The number of nitrogens with zero attached hydrogens (tertiary/aromatic N) is 2. The first-order valence-electron chi connectivity index (χ1n) is 8.21. The van der Waals surface area contributed by atoms with Crippen molar-refractivity contribution in [3.05, 3.63) is 36.0 Å². The van der Waals surface area contributed by atoms with E-state index in [2.05, 4.69) is 53.9 Å². The normalized spacial score (nSPS) is 22.5. The van der Waals surface area contributed by atoms with Gasteiger partial charge in [0.05, 0.1) is 0 Å². The van der Waals surface area contributed by atoms with E-state index in [9.17, 15) is 0 Å². The Morgan fingerprint density at radius 2 is 2.10 bits per heavy atom. The maximum absolute atomic E-state index is 5.94. The van der Waals surface area contributed by atoms with Crippen LogP contribution in [-0.4, -0.2) is 29.1 Å². The first-order valence-corrected chi connectivity index (χ1v) is 8.21. The monoisotopic (exact) mass is 285 g/mol. The molecule has 2 unspecified atom stereocenters. The van der Waals surface area contributed by atoms with Crippen molar-refractivity contribution in [1.29, 1.82) is 0 Å². The van der Waals surface area contributed by atoms with Crippen LogP contribution in [0.25, 0.3) is 10.9 Å². The third kappa shape index (κ3) is 2.72. The molecule has 0 bridgehead atoms. The maximum atomic E-state index is 5.94. The Morgan fingerprint density at radius 3 is 2.86 bits per heavy atom. The second-order valence-electron chi connectivity index (χ2n) is 6.37. The highest BCUT2D eigenvalue weighted by Crippen LogP contribution is 2.30. The first-order chi connectivity index (χ1) is 10.2. The Morgan fingerprint density at radius 1 is 1.29 bits per heavy atom. The van der Waals surface area contributed by atoms with Gasteiger partial charge in [0.15, 0.2) is 0 Å². The van der Waals surface area contributed by atoms with Gasteiger partial charge in [0, 0.05) is 36.2 Å². The highest BCUT2D eigenvalue weighted by Gasteiger charge is 2.29. The van der Waals surface area contributed by atoms with Crippen LogP contribution in [0.15, 0.2) is 30.5 Å². The molecule has 0 spiro atoms. The number of para-hydroxylation sites is 1. The van der Waals surface area contributed by atoms with E-state index < -0.39 is 0 Å². The Labute approximate surface area is 127 Å². The van der Waals surface area contributed by atoms with Crippen LogP contribution >= 0.6 is 0 Å². The zero-order valence-corrected chi connectivity index (χ0v) is 13.3. The SMILES string of the molecule is CCn1cc(CN(C)C2CCCC2CN)c2ccccc21. The number of hydrogen-bond acceptors (Lipinski definition) is 2. The first kappa shape index (κ1) is 14.6. The van der Waals surface area contributed by atoms with Gasteiger partial charge in [-0.3, -0.25) is 4.90 Å². The summed E-state index contributed by atoms with van der Waals surface area (Å²) in [5, 5.41) is 1.40. The minimum absolute atomic E-state index is 0.652. The number of aryl methyl sites for hydroxylation is 1. The largest absolute Gasteiger partial charge is 0.347 e. The summed E-state index contributed by atoms with van der Waals surface area (Å²) >= 11 is 0. The number of benzene rings is 1. The summed E-state index contributed by atoms with van der Waals surface area (Å²) in [6.45, 7) is 5.08. The zero-order valence-electron chi connectivity index (χ0n) is 13.3. The van der Waals surface area contributed by atoms with Crippen molar-refractivity contribution in [2.75, 3.05) is 13.6 Å². The molecule has 1 saturated carbocycles. The Balaban J connectivity index is 1.84. The number of aromatic nitrogens is 1. The third-order valence-electron chi connectivity index (χ3n) is 5.12. The Kier molecular flexibility index (Phi) is 4.32. The molecule has 0 saturated heterocycles. The van der Waals surface area contributed by atoms with Crippen molar-refractivity contribution in [3.63, 3.8) is 0 Å². The fourth-order valence-electron chi connectivity index (χ4n) is 3.97. The van der Waals surface area contributed by atoms with E-state index in [1.54, 1.807) is 0 Å². The van der Waals surface area contributed by atoms with Crippen LogP contribution in [0.2, 0.25) is 0 Å². The zero-order chi connectivity index (χ0) is 14.8. The molecule has 2 aromatic rings. The Hall–Kier alpha value is -1.32. The molecule has 3 heteroatoms.